The summed E-state index contributed by atoms with van der Waals surface area (Å²) in [6.45, 7) is 7.69. The Morgan fingerprint density at radius 1 is 1.41 bits per heavy atom. The van der Waals surface area contributed by atoms with Crippen LogP contribution in [0.25, 0.3) is 0 Å². The fourth-order valence-corrected chi connectivity index (χ4v) is 2.72. The van der Waals surface area contributed by atoms with Crippen LogP contribution in [0, 0.1) is 5.41 Å². The van der Waals surface area contributed by atoms with E-state index in [4.69, 9.17) is 10.2 Å². The van der Waals surface area contributed by atoms with Crippen molar-refractivity contribution in [3.63, 3.8) is 0 Å². The molecule has 3 heteroatoms. The quantitative estimate of drug-likeness (QED) is 0.877. The second-order valence-corrected chi connectivity index (χ2v) is 5.86. The summed E-state index contributed by atoms with van der Waals surface area (Å²) in [5.74, 6) is 0. The number of nitrogens with two attached hydrogens (primary N) is 1. The summed E-state index contributed by atoms with van der Waals surface area (Å²) in [4.78, 5) is 2.51. The van der Waals surface area contributed by atoms with Crippen LogP contribution >= 0.6 is 0 Å². The zero-order valence-electron chi connectivity index (χ0n) is 11.0. The van der Waals surface area contributed by atoms with Gasteiger partial charge in [0, 0.05) is 12.1 Å². The molecule has 96 valence electrons. The summed E-state index contributed by atoms with van der Waals surface area (Å²) in [5.41, 5.74) is 7.62. The first-order valence-electron chi connectivity index (χ1n) is 6.59. The summed E-state index contributed by atoms with van der Waals surface area (Å²) in [6.07, 6.45) is 7.39. The maximum absolute atomic E-state index is 5.93. The zero-order chi connectivity index (χ0) is 12.3. The largest absolute Gasteiger partial charge is 0.472 e. The van der Waals surface area contributed by atoms with Gasteiger partial charge >= 0.3 is 0 Å². The summed E-state index contributed by atoms with van der Waals surface area (Å²) in [6, 6.07) is 2.36. The molecule has 0 saturated carbocycles. The molecule has 17 heavy (non-hydrogen) atoms. The number of furan rings is 1. The Labute approximate surface area is 104 Å². The molecule has 0 radical (unpaired) electrons. The molecule has 2 heterocycles. The first-order valence-corrected chi connectivity index (χ1v) is 6.59. The van der Waals surface area contributed by atoms with Gasteiger partial charge in [-0.3, -0.25) is 4.90 Å². The van der Waals surface area contributed by atoms with Crippen molar-refractivity contribution in [2.24, 2.45) is 11.1 Å². The average molecular weight is 236 g/mol. The third kappa shape index (κ3) is 3.11. The lowest BCUT2D eigenvalue weighted by atomic mass is 9.85. The molecule has 3 nitrogen and oxygen atoms in total. The van der Waals surface area contributed by atoms with Crippen molar-refractivity contribution in [3.05, 3.63) is 24.2 Å². The number of nitrogens with zero attached hydrogens (tertiary/aromatic N) is 1. The highest BCUT2D eigenvalue weighted by atomic mass is 16.3. The van der Waals surface area contributed by atoms with Crippen molar-refractivity contribution in [2.45, 2.75) is 39.2 Å². The van der Waals surface area contributed by atoms with Crippen molar-refractivity contribution < 1.29 is 4.42 Å². The van der Waals surface area contributed by atoms with Gasteiger partial charge in [-0.2, -0.15) is 0 Å². The van der Waals surface area contributed by atoms with Crippen LogP contribution in [0.3, 0.4) is 0 Å². The van der Waals surface area contributed by atoms with Crippen molar-refractivity contribution in [1.82, 2.24) is 4.90 Å². The molecule has 1 fully saturated rings. The summed E-state index contributed by atoms with van der Waals surface area (Å²) in [7, 11) is 0. The van der Waals surface area contributed by atoms with Gasteiger partial charge in [-0.25, -0.2) is 0 Å². The van der Waals surface area contributed by atoms with E-state index in [2.05, 4.69) is 18.7 Å². The Balaban J connectivity index is 2.05. The highest BCUT2D eigenvalue weighted by molar-refractivity contribution is 5.12. The van der Waals surface area contributed by atoms with E-state index in [1.165, 1.54) is 24.8 Å². The SMILES string of the molecule is CC1(C)CCCN(C(CN)c2ccoc2)CC1. The molecule has 1 aliphatic heterocycles. The third-order valence-electron chi connectivity index (χ3n) is 3.97. The van der Waals surface area contributed by atoms with Gasteiger partial charge in [0.1, 0.15) is 0 Å². The molecule has 1 aromatic rings. The van der Waals surface area contributed by atoms with Crippen LogP contribution in [0.4, 0.5) is 0 Å². The van der Waals surface area contributed by atoms with Crippen LogP contribution < -0.4 is 5.73 Å². The molecule has 0 spiro atoms. The van der Waals surface area contributed by atoms with E-state index in [0.717, 1.165) is 13.1 Å². The van der Waals surface area contributed by atoms with Crippen LogP contribution in [-0.2, 0) is 0 Å². The average Bonchev–Trinajstić information content (AvgIpc) is 2.73. The minimum absolute atomic E-state index is 0.322. The van der Waals surface area contributed by atoms with Gasteiger partial charge in [0.25, 0.3) is 0 Å². The second kappa shape index (κ2) is 5.23. The Morgan fingerprint density at radius 3 is 2.88 bits per heavy atom. The Hall–Kier alpha value is -0.800. The molecule has 1 unspecified atom stereocenters. The second-order valence-electron chi connectivity index (χ2n) is 5.86. The lowest BCUT2D eigenvalue weighted by Crippen LogP contribution is -2.34. The van der Waals surface area contributed by atoms with Crippen LogP contribution in [-0.4, -0.2) is 24.5 Å². The molecule has 0 aromatic carbocycles. The van der Waals surface area contributed by atoms with Crippen molar-refractivity contribution >= 4 is 0 Å². The van der Waals surface area contributed by atoms with Crippen molar-refractivity contribution in [3.8, 4) is 0 Å². The maximum atomic E-state index is 5.93. The van der Waals surface area contributed by atoms with Gasteiger partial charge in [-0.1, -0.05) is 13.8 Å². The summed E-state index contributed by atoms with van der Waals surface area (Å²) < 4.78 is 5.18. The standard InChI is InChI=1S/C14H24N2O/c1-14(2)5-3-7-16(8-6-14)13(10-15)12-4-9-17-11-12/h4,9,11,13H,3,5-8,10,15H2,1-2H3. The first kappa shape index (κ1) is 12.7. The molecule has 0 bridgehead atoms. The summed E-state index contributed by atoms with van der Waals surface area (Å²) in [5, 5.41) is 0. The third-order valence-corrected chi connectivity index (χ3v) is 3.97. The normalized spacial score (nSPS) is 23.2. The minimum Gasteiger partial charge on any atom is -0.472 e. The molecular weight excluding hydrogens is 212 g/mol. The highest BCUT2D eigenvalue weighted by Gasteiger charge is 2.27. The fourth-order valence-electron chi connectivity index (χ4n) is 2.72. The molecule has 2 rings (SSSR count). The minimum atomic E-state index is 0.322. The van der Waals surface area contributed by atoms with Crippen molar-refractivity contribution in [2.75, 3.05) is 19.6 Å². The number of rotatable bonds is 3. The van der Waals surface area contributed by atoms with E-state index in [1.54, 1.807) is 6.26 Å². The van der Waals surface area contributed by atoms with Crippen molar-refractivity contribution in [1.29, 1.82) is 0 Å². The predicted molar refractivity (Wildman–Crippen MR) is 69.7 cm³/mol. The molecule has 0 aliphatic carbocycles. The molecule has 1 atom stereocenters. The zero-order valence-corrected chi connectivity index (χ0v) is 11.0. The topological polar surface area (TPSA) is 42.4 Å². The summed E-state index contributed by atoms with van der Waals surface area (Å²) >= 11 is 0. The van der Waals surface area contributed by atoms with Gasteiger partial charge in [0.2, 0.25) is 0 Å². The van der Waals surface area contributed by atoms with E-state index >= 15 is 0 Å². The van der Waals surface area contributed by atoms with E-state index in [-0.39, 0.29) is 0 Å². The van der Waals surface area contributed by atoms with Crippen LogP contribution in [0.2, 0.25) is 0 Å². The molecule has 2 N–H and O–H groups in total. The Bertz CT molecular complexity index is 332. The van der Waals surface area contributed by atoms with Crippen LogP contribution in [0.1, 0.15) is 44.7 Å². The van der Waals surface area contributed by atoms with Gasteiger partial charge in [0.15, 0.2) is 0 Å². The monoisotopic (exact) mass is 236 g/mol. The smallest absolute Gasteiger partial charge is 0.0950 e. The van der Waals surface area contributed by atoms with E-state index in [9.17, 15) is 0 Å². The van der Waals surface area contributed by atoms with Gasteiger partial charge in [-0.05, 0) is 43.8 Å². The van der Waals surface area contributed by atoms with Crippen LogP contribution in [0.15, 0.2) is 23.0 Å². The lowest BCUT2D eigenvalue weighted by Gasteiger charge is -2.29. The lowest BCUT2D eigenvalue weighted by molar-refractivity contribution is 0.199. The maximum Gasteiger partial charge on any atom is 0.0950 e. The Kier molecular flexibility index (Phi) is 3.89. The van der Waals surface area contributed by atoms with E-state index in [0.29, 0.717) is 18.0 Å². The molecule has 1 saturated heterocycles. The Morgan fingerprint density at radius 2 is 2.24 bits per heavy atom. The number of hydrogen-bond donors (Lipinski definition) is 1. The van der Waals surface area contributed by atoms with Gasteiger partial charge < -0.3 is 10.2 Å². The molecule has 0 amide bonds. The molecule has 1 aromatic heterocycles. The fraction of sp³-hybridized carbons (Fsp3) is 0.714. The number of likely N-dealkylation sites (tertiary alicyclic amines) is 1. The number of hydrogen-bond acceptors (Lipinski definition) is 3. The molecule has 1 aliphatic rings. The van der Waals surface area contributed by atoms with Gasteiger partial charge in [-0.15, -0.1) is 0 Å². The predicted octanol–water partition coefficient (Wildman–Crippen LogP) is 2.79. The van der Waals surface area contributed by atoms with E-state index < -0.39 is 0 Å². The van der Waals surface area contributed by atoms with Gasteiger partial charge in [0.05, 0.1) is 18.6 Å². The first-order chi connectivity index (χ1) is 8.12. The van der Waals surface area contributed by atoms with Crippen LogP contribution in [0.5, 0.6) is 0 Å². The highest BCUT2D eigenvalue weighted by Crippen LogP contribution is 2.32. The van der Waals surface area contributed by atoms with E-state index in [1.807, 2.05) is 12.3 Å². The molecular formula is C14H24N2O.